The van der Waals surface area contributed by atoms with Crippen LogP contribution in [0.25, 0.3) is 17.0 Å². The normalized spacial score (nSPS) is 11.1. The zero-order valence-corrected chi connectivity index (χ0v) is 20.3. The van der Waals surface area contributed by atoms with Crippen molar-refractivity contribution < 1.29 is 4.52 Å². The van der Waals surface area contributed by atoms with Crippen molar-refractivity contribution in [3.63, 3.8) is 0 Å². The molecule has 0 saturated heterocycles. The molecule has 0 aliphatic heterocycles. The monoisotopic (exact) mass is 542 g/mol. The van der Waals surface area contributed by atoms with E-state index in [2.05, 4.69) is 57.1 Å². The lowest BCUT2D eigenvalue weighted by Gasteiger charge is -2.11. The van der Waals surface area contributed by atoms with Crippen LogP contribution in [0, 0.1) is 0 Å². The molecular formula is C24H27IN6O. The van der Waals surface area contributed by atoms with Gasteiger partial charge < -0.3 is 15.2 Å². The molecule has 2 N–H and O–H groups in total. The second-order valence-electron chi connectivity index (χ2n) is 7.04. The Kier molecular flexibility index (Phi) is 8.85. The summed E-state index contributed by atoms with van der Waals surface area (Å²) < 4.78 is 7.30. The van der Waals surface area contributed by atoms with Crippen LogP contribution in [0.2, 0.25) is 0 Å². The number of benzene rings is 2. The van der Waals surface area contributed by atoms with E-state index in [4.69, 9.17) is 4.52 Å². The molecule has 0 bridgehead atoms. The Bertz CT molecular complexity index is 1090. The maximum atomic E-state index is 5.45. The first-order valence-corrected chi connectivity index (χ1v) is 10.4. The van der Waals surface area contributed by atoms with Crippen LogP contribution >= 0.6 is 24.0 Å². The van der Waals surface area contributed by atoms with Gasteiger partial charge in [0.25, 0.3) is 0 Å². The minimum Gasteiger partial charge on any atom is -0.357 e. The molecule has 4 rings (SSSR count). The Balaban J connectivity index is 0.00000289. The van der Waals surface area contributed by atoms with Gasteiger partial charge >= 0.3 is 0 Å². The standard InChI is InChI=1S/C24H26N6O.HI/c1-2-25-24(27-18-21-17-23(31-29-21)20-7-4-3-5-8-20)26-15-13-19-9-11-22(12-10-19)30-16-6-14-28-30;/h3-12,14,16-17H,2,13,15,18H2,1H3,(H2,25,26,27);1H. The maximum absolute atomic E-state index is 5.45. The van der Waals surface area contributed by atoms with Crippen LogP contribution in [0.1, 0.15) is 18.2 Å². The van der Waals surface area contributed by atoms with Crippen molar-refractivity contribution in [2.75, 3.05) is 13.1 Å². The van der Waals surface area contributed by atoms with Crippen LogP contribution in [0.5, 0.6) is 0 Å². The number of nitrogens with zero attached hydrogens (tertiary/aromatic N) is 4. The van der Waals surface area contributed by atoms with Crippen LogP contribution in [-0.2, 0) is 13.0 Å². The predicted octanol–water partition coefficient (Wildman–Crippen LogP) is 4.44. The molecule has 2 aromatic carbocycles. The van der Waals surface area contributed by atoms with E-state index < -0.39 is 0 Å². The average molecular weight is 542 g/mol. The third kappa shape index (κ3) is 6.43. The minimum absolute atomic E-state index is 0. The molecule has 2 heterocycles. The highest BCUT2D eigenvalue weighted by atomic mass is 127. The molecular weight excluding hydrogens is 515 g/mol. The molecule has 0 aliphatic carbocycles. The van der Waals surface area contributed by atoms with E-state index >= 15 is 0 Å². The number of aliphatic imine (C=N–C) groups is 1. The summed E-state index contributed by atoms with van der Waals surface area (Å²) in [4.78, 5) is 4.63. The van der Waals surface area contributed by atoms with Crippen LogP contribution in [-0.4, -0.2) is 34.0 Å². The molecule has 0 amide bonds. The highest BCUT2D eigenvalue weighted by Gasteiger charge is 2.06. The Hall–Kier alpha value is -3.14. The van der Waals surface area contributed by atoms with Gasteiger partial charge in [-0.15, -0.1) is 24.0 Å². The minimum atomic E-state index is 0. The topological polar surface area (TPSA) is 80.3 Å². The molecule has 7 nitrogen and oxygen atoms in total. The summed E-state index contributed by atoms with van der Waals surface area (Å²) in [6.07, 6.45) is 4.61. The zero-order valence-electron chi connectivity index (χ0n) is 17.9. The number of halogens is 1. The molecule has 0 saturated carbocycles. The van der Waals surface area contributed by atoms with Crippen molar-refractivity contribution in [3.8, 4) is 17.0 Å². The molecule has 0 radical (unpaired) electrons. The van der Waals surface area contributed by atoms with Crippen molar-refractivity contribution in [3.05, 3.63) is 90.4 Å². The van der Waals surface area contributed by atoms with Gasteiger partial charge in [-0.3, -0.25) is 0 Å². The van der Waals surface area contributed by atoms with E-state index in [1.165, 1.54) is 5.56 Å². The summed E-state index contributed by atoms with van der Waals surface area (Å²) in [7, 11) is 0. The Morgan fingerprint density at radius 3 is 2.56 bits per heavy atom. The molecule has 8 heteroatoms. The van der Waals surface area contributed by atoms with Crippen LogP contribution < -0.4 is 10.6 Å². The van der Waals surface area contributed by atoms with E-state index in [9.17, 15) is 0 Å². The lowest BCUT2D eigenvalue weighted by atomic mass is 10.1. The molecule has 166 valence electrons. The highest BCUT2D eigenvalue weighted by Crippen LogP contribution is 2.19. The third-order valence-corrected chi connectivity index (χ3v) is 4.77. The lowest BCUT2D eigenvalue weighted by molar-refractivity contribution is 0.424. The first kappa shape index (κ1) is 23.5. The number of hydrogen-bond donors (Lipinski definition) is 2. The van der Waals surface area contributed by atoms with Gasteiger partial charge in [0.15, 0.2) is 11.7 Å². The SMILES string of the molecule is CCNC(=NCc1cc(-c2ccccc2)on1)NCCc1ccc(-n2cccn2)cc1.I. The largest absolute Gasteiger partial charge is 0.357 e. The Labute approximate surface area is 205 Å². The molecule has 0 aliphatic rings. The molecule has 4 aromatic rings. The van der Waals surface area contributed by atoms with E-state index in [0.717, 1.165) is 48.2 Å². The zero-order chi connectivity index (χ0) is 21.3. The Morgan fingerprint density at radius 1 is 1.03 bits per heavy atom. The fourth-order valence-corrected chi connectivity index (χ4v) is 3.19. The van der Waals surface area contributed by atoms with E-state index in [1.54, 1.807) is 6.20 Å². The highest BCUT2D eigenvalue weighted by molar-refractivity contribution is 14.0. The second-order valence-corrected chi connectivity index (χ2v) is 7.04. The quantitative estimate of drug-likeness (QED) is 0.196. The van der Waals surface area contributed by atoms with Crippen molar-refractivity contribution in [1.29, 1.82) is 0 Å². The molecule has 2 aromatic heterocycles. The van der Waals surface area contributed by atoms with Crippen LogP contribution in [0.4, 0.5) is 0 Å². The van der Waals surface area contributed by atoms with E-state index in [1.807, 2.05) is 53.3 Å². The van der Waals surface area contributed by atoms with Crippen LogP contribution in [0.3, 0.4) is 0 Å². The summed E-state index contributed by atoms with van der Waals surface area (Å²) in [6.45, 7) is 4.07. The fraction of sp³-hybridized carbons (Fsp3) is 0.208. The number of rotatable bonds is 8. The third-order valence-electron chi connectivity index (χ3n) is 4.77. The predicted molar refractivity (Wildman–Crippen MR) is 137 cm³/mol. The van der Waals surface area contributed by atoms with E-state index in [0.29, 0.717) is 6.54 Å². The summed E-state index contributed by atoms with van der Waals surface area (Å²) >= 11 is 0. The second kappa shape index (κ2) is 12.0. The Morgan fingerprint density at radius 2 is 1.84 bits per heavy atom. The van der Waals surface area contributed by atoms with Gasteiger partial charge in [-0.25, -0.2) is 9.67 Å². The molecule has 32 heavy (non-hydrogen) atoms. The van der Waals surface area contributed by atoms with Gasteiger partial charge in [0.1, 0.15) is 5.69 Å². The lowest BCUT2D eigenvalue weighted by Crippen LogP contribution is -2.38. The first-order valence-electron chi connectivity index (χ1n) is 10.4. The van der Waals surface area contributed by atoms with Gasteiger partial charge in [0, 0.05) is 37.1 Å². The summed E-state index contributed by atoms with van der Waals surface area (Å²) in [6, 6.07) is 22.2. The summed E-state index contributed by atoms with van der Waals surface area (Å²) in [5, 5.41) is 15.0. The van der Waals surface area contributed by atoms with Crippen LogP contribution in [0.15, 0.2) is 88.6 Å². The first-order chi connectivity index (χ1) is 15.3. The average Bonchev–Trinajstić information content (AvgIpc) is 3.51. The molecule has 0 spiro atoms. The van der Waals surface area contributed by atoms with Gasteiger partial charge in [-0.2, -0.15) is 5.10 Å². The van der Waals surface area contributed by atoms with E-state index in [-0.39, 0.29) is 24.0 Å². The van der Waals surface area contributed by atoms with Crippen molar-refractivity contribution >= 4 is 29.9 Å². The summed E-state index contributed by atoms with van der Waals surface area (Å²) in [5.74, 6) is 1.52. The number of aromatic nitrogens is 3. The number of guanidine groups is 1. The van der Waals surface area contributed by atoms with Gasteiger partial charge in [-0.1, -0.05) is 47.6 Å². The molecule has 0 fully saturated rings. The van der Waals surface area contributed by atoms with Gasteiger partial charge in [0.05, 0.1) is 12.2 Å². The summed E-state index contributed by atoms with van der Waals surface area (Å²) in [5.41, 5.74) is 4.11. The van der Waals surface area contributed by atoms with Gasteiger partial charge in [-0.05, 0) is 37.1 Å². The van der Waals surface area contributed by atoms with Crippen molar-refractivity contribution in [1.82, 2.24) is 25.6 Å². The van der Waals surface area contributed by atoms with Gasteiger partial charge in [0.2, 0.25) is 0 Å². The molecule has 0 unspecified atom stereocenters. The smallest absolute Gasteiger partial charge is 0.191 e. The maximum Gasteiger partial charge on any atom is 0.191 e. The number of hydrogen-bond acceptors (Lipinski definition) is 4. The van der Waals surface area contributed by atoms with Crippen molar-refractivity contribution in [2.45, 2.75) is 19.9 Å². The molecule has 0 atom stereocenters. The fourth-order valence-electron chi connectivity index (χ4n) is 3.19. The van der Waals surface area contributed by atoms with Crippen molar-refractivity contribution in [2.24, 2.45) is 4.99 Å². The number of nitrogens with one attached hydrogen (secondary N) is 2.